The van der Waals surface area contributed by atoms with Gasteiger partial charge in [-0.25, -0.2) is 0 Å². The van der Waals surface area contributed by atoms with Crippen LogP contribution in [0.3, 0.4) is 0 Å². The van der Waals surface area contributed by atoms with Crippen LogP contribution in [-0.2, 0) is 6.42 Å². The Labute approximate surface area is 154 Å². The zero-order chi connectivity index (χ0) is 17.4. The van der Waals surface area contributed by atoms with Gasteiger partial charge in [0.05, 0.1) is 13.2 Å². The number of fused-ring (bicyclic) bond motifs is 1. The van der Waals surface area contributed by atoms with Crippen LogP contribution in [-0.4, -0.2) is 18.5 Å². The van der Waals surface area contributed by atoms with E-state index in [2.05, 4.69) is 67.0 Å². The summed E-state index contributed by atoms with van der Waals surface area (Å²) < 4.78 is 11.9. The van der Waals surface area contributed by atoms with Crippen molar-refractivity contribution in [1.82, 2.24) is 0 Å². The van der Waals surface area contributed by atoms with Gasteiger partial charge in [-0.2, -0.15) is 0 Å². The van der Waals surface area contributed by atoms with Gasteiger partial charge in [0.2, 0.25) is 0 Å². The van der Waals surface area contributed by atoms with Crippen LogP contribution in [0.2, 0.25) is 0 Å². The normalized spacial score (nSPS) is 11.2. The lowest BCUT2D eigenvalue weighted by molar-refractivity contribution is 0.271. The Morgan fingerprint density at radius 1 is 1.00 bits per heavy atom. The lowest BCUT2D eigenvalue weighted by Crippen LogP contribution is -2.04. The molecule has 2 aromatic rings. The monoisotopic (exact) mass is 392 g/mol. The summed E-state index contributed by atoms with van der Waals surface area (Å²) in [5, 5.41) is 3.57. The van der Waals surface area contributed by atoms with Crippen LogP contribution in [0.4, 0.5) is 0 Å². The van der Waals surface area contributed by atoms with Gasteiger partial charge in [-0.15, -0.1) is 0 Å². The standard InChI is InChI=1S/C21H29BrO2/c1-4-19-20-10-9-18(24-15-16(2)3)14-17(20)8-11-21(19)23-13-7-5-6-12-22/h8-11,14,16H,4-7,12-13,15H2,1-3H3. The molecule has 0 aliphatic carbocycles. The van der Waals surface area contributed by atoms with E-state index in [-0.39, 0.29) is 0 Å². The van der Waals surface area contributed by atoms with Crippen molar-refractivity contribution in [1.29, 1.82) is 0 Å². The van der Waals surface area contributed by atoms with Crippen LogP contribution in [0.1, 0.15) is 45.6 Å². The number of halogens is 1. The first-order valence-electron chi connectivity index (χ1n) is 9.03. The van der Waals surface area contributed by atoms with Crippen molar-refractivity contribution in [2.24, 2.45) is 5.92 Å². The second-order valence-corrected chi connectivity index (χ2v) is 7.37. The predicted molar refractivity (Wildman–Crippen MR) is 107 cm³/mol. The van der Waals surface area contributed by atoms with Gasteiger partial charge < -0.3 is 9.47 Å². The minimum atomic E-state index is 0.534. The molecule has 24 heavy (non-hydrogen) atoms. The van der Waals surface area contributed by atoms with E-state index in [0.29, 0.717) is 5.92 Å². The number of unbranched alkanes of at least 4 members (excludes halogenated alkanes) is 2. The highest BCUT2D eigenvalue weighted by Gasteiger charge is 2.09. The Morgan fingerprint density at radius 2 is 1.83 bits per heavy atom. The summed E-state index contributed by atoms with van der Waals surface area (Å²) in [5.41, 5.74) is 1.29. The third-order valence-electron chi connectivity index (χ3n) is 4.03. The third kappa shape index (κ3) is 5.41. The van der Waals surface area contributed by atoms with Crippen LogP contribution >= 0.6 is 15.9 Å². The maximum atomic E-state index is 6.05. The molecule has 0 radical (unpaired) electrons. The van der Waals surface area contributed by atoms with Crippen molar-refractivity contribution in [2.75, 3.05) is 18.5 Å². The lowest BCUT2D eigenvalue weighted by atomic mass is 10.0. The molecule has 2 rings (SSSR count). The number of aryl methyl sites for hydroxylation is 1. The van der Waals surface area contributed by atoms with Crippen LogP contribution in [0, 0.1) is 5.92 Å². The Morgan fingerprint density at radius 3 is 2.54 bits per heavy atom. The fourth-order valence-electron chi connectivity index (χ4n) is 2.76. The van der Waals surface area contributed by atoms with Crippen molar-refractivity contribution in [3.05, 3.63) is 35.9 Å². The highest BCUT2D eigenvalue weighted by molar-refractivity contribution is 9.09. The second-order valence-electron chi connectivity index (χ2n) is 6.58. The van der Waals surface area contributed by atoms with Crippen LogP contribution in [0.5, 0.6) is 11.5 Å². The molecule has 0 saturated heterocycles. The minimum Gasteiger partial charge on any atom is -0.493 e. The van der Waals surface area contributed by atoms with Gasteiger partial charge in [0.1, 0.15) is 11.5 Å². The lowest BCUT2D eigenvalue weighted by Gasteiger charge is -2.15. The highest BCUT2D eigenvalue weighted by Crippen LogP contribution is 2.31. The van der Waals surface area contributed by atoms with Crippen LogP contribution < -0.4 is 9.47 Å². The molecule has 0 amide bonds. The summed E-state index contributed by atoms with van der Waals surface area (Å²) in [6.45, 7) is 8.06. The Bertz CT molecular complexity index is 637. The van der Waals surface area contributed by atoms with Gasteiger partial charge in [-0.1, -0.05) is 48.8 Å². The first-order chi connectivity index (χ1) is 11.7. The molecule has 0 fully saturated rings. The first-order valence-corrected chi connectivity index (χ1v) is 10.1. The summed E-state index contributed by atoms with van der Waals surface area (Å²) >= 11 is 3.47. The van der Waals surface area contributed by atoms with Crippen molar-refractivity contribution in [2.45, 2.75) is 46.5 Å². The molecule has 0 aliphatic rings. The van der Waals surface area contributed by atoms with Crippen molar-refractivity contribution in [3.8, 4) is 11.5 Å². The molecule has 132 valence electrons. The number of alkyl halides is 1. The van der Waals surface area contributed by atoms with Crippen LogP contribution in [0.15, 0.2) is 30.3 Å². The Hall–Kier alpha value is -1.22. The average molecular weight is 393 g/mol. The number of rotatable bonds is 10. The smallest absolute Gasteiger partial charge is 0.123 e. The van der Waals surface area contributed by atoms with Crippen molar-refractivity contribution < 1.29 is 9.47 Å². The van der Waals surface area contributed by atoms with E-state index < -0.39 is 0 Å². The maximum Gasteiger partial charge on any atom is 0.123 e. The largest absolute Gasteiger partial charge is 0.493 e. The fraction of sp³-hybridized carbons (Fsp3) is 0.524. The highest BCUT2D eigenvalue weighted by atomic mass is 79.9. The molecule has 0 aliphatic heterocycles. The average Bonchev–Trinajstić information content (AvgIpc) is 2.59. The zero-order valence-corrected chi connectivity index (χ0v) is 16.7. The van der Waals surface area contributed by atoms with E-state index in [9.17, 15) is 0 Å². The molecule has 0 unspecified atom stereocenters. The number of hydrogen-bond donors (Lipinski definition) is 0. The van der Waals surface area contributed by atoms with Gasteiger partial charge in [0, 0.05) is 10.9 Å². The van der Waals surface area contributed by atoms with Crippen molar-refractivity contribution >= 4 is 26.7 Å². The first kappa shape index (κ1) is 19.1. The summed E-state index contributed by atoms with van der Waals surface area (Å²) in [4.78, 5) is 0. The van der Waals surface area contributed by atoms with Gasteiger partial charge in [-0.3, -0.25) is 0 Å². The Balaban J connectivity index is 2.12. The molecular formula is C21H29BrO2. The topological polar surface area (TPSA) is 18.5 Å². The minimum absolute atomic E-state index is 0.534. The van der Waals surface area contributed by atoms with Crippen molar-refractivity contribution in [3.63, 3.8) is 0 Å². The van der Waals surface area contributed by atoms with Gasteiger partial charge in [-0.05, 0) is 60.6 Å². The van der Waals surface area contributed by atoms with E-state index in [4.69, 9.17) is 9.47 Å². The van der Waals surface area contributed by atoms with E-state index >= 15 is 0 Å². The molecule has 3 heteroatoms. The molecule has 0 spiro atoms. The summed E-state index contributed by atoms with van der Waals surface area (Å²) in [6, 6.07) is 10.6. The zero-order valence-electron chi connectivity index (χ0n) is 15.1. The molecule has 0 bridgehead atoms. The molecule has 0 atom stereocenters. The molecule has 0 N–H and O–H groups in total. The van der Waals surface area contributed by atoms with E-state index in [1.165, 1.54) is 29.2 Å². The number of benzene rings is 2. The van der Waals surface area contributed by atoms with E-state index in [0.717, 1.165) is 42.9 Å². The maximum absolute atomic E-state index is 6.05. The van der Waals surface area contributed by atoms with Gasteiger partial charge >= 0.3 is 0 Å². The van der Waals surface area contributed by atoms with E-state index in [1.807, 2.05) is 0 Å². The number of hydrogen-bond acceptors (Lipinski definition) is 2. The quantitative estimate of drug-likeness (QED) is 0.344. The van der Waals surface area contributed by atoms with Gasteiger partial charge in [0.25, 0.3) is 0 Å². The Kier molecular flexibility index (Phi) is 7.90. The van der Waals surface area contributed by atoms with Gasteiger partial charge in [0.15, 0.2) is 0 Å². The molecule has 2 nitrogen and oxygen atoms in total. The predicted octanol–water partition coefficient (Wildman–Crippen LogP) is 6.38. The van der Waals surface area contributed by atoms with E-state index in [1.54, 1.807) is 0 Å². The molecule has 0 aromatic heterocycles. The van der Waals surface area contributed by atoms with Crippen LogP contribution in [0.25, 0.3) is 10.8 Å². The summed E-state index contributed by atoms with van der Waals surface area (Å²) in [7, 11) is 0. The summed E-state index contributed by atoms with van der Waals surface area (Å²) in [6.07, 6.45) is 4.49. The number of ether oxygens (including phenoxy) is 2. The SMILES string of the molecule is CCc1c(OCCCCCBr)ccc2cc(OCC(C)C)ccc12. The third-order valence-corrected chi connectivity index (χ3v) is 4.59. The fourth-order valence-corrected chi connectivity index (χ4v) is 3.16. The molecular weight excluding hydrogens is 364 g/mol. The second kappa shape index (κ2) is 9.93. The molecule has 0 heterocycles. The summed E-state index contributed by atoms with van der Waals surface area (Å²) in [5.74, 6) is 2.51. The molecule has 2 aromatic carbocycles. The molecule has 0 saturated carbocycles.